The van der Waals surface area contributed by atoms with E-state index in [0.717, 1.165) is 6.26 Å². The Bertz CT molecular complexity index is 1180. The summed E-state index contributed by atoms with van der Waals surface area (Å²) < 4.78 is 36.9. The smallest absolute Gasteiger partial charge is 0.229 e. The van der Waals surface area contributed by atoms with Gasteiger partial charge in [-0.1, -0.05) is 12.1 Å². The first-order valence-electron chi connectivity index (χ1n) is 7.81. The quantitative estimate of drug-likeness (QED) is 0.694. The van der Waals surface area contributed by atoms with Crippen LogP contribution >= 0.6 is 0 Å². The van der Waals surface area contributed by atoms with E-state index in [-0.39, 0.29) is 39.5 Å². The highest BCUT2D eigenvalue weighted by Crippen LogP contribution is 2.36. The van der Waals surface area contributed by atoms with Crippen molar-refractivity contribution >= 4 is 38.3 Å². The van der Waals surface area contributed by atoms with Gasteiger partial charge in [-0.05, 0) is 18.2 Å². The summed E-state index contributed by atoms with van der Waals surface area (Å²) in [6.07, 6.45) is 2.22. The number of nitrogens with one attached hydrogen (secondary N) is 2. The van der Waals surface area contributed by atoms with Gasteiger partial charge < -0.3 is 14.5 Å². The topological polar surface area (TPSA) is 115 Å². The van der Waals surface area contributed by atoms with Gasteiger partial charge >= 0.3 is 0 Å². The Morgan fingerprint density at radius 1 is 1.07 bits per heavy atom. The number of fused-ring (bicyclic) bond motifs is 1. The average Bonchev–Trinajstić information content (AvgIpc) is 2.56. The van der Waals surface area contributed by atoms with Gasteiger partial charge in [0.2, 0.25) is 15.9 Å². The second-order valence-electron chi connectivity index (χ2n) is 5.78. The lowest BCUT2D eigenvalue weighted by Gasteiger charge is -2.15. The summed E-state index contributed by atoms with van der Waals surface area (Å²) in [5.41, 5.74) is 0.394. The van der Waals surface area contributed by atoms with Crippen LogP contribution < -0.4 is 20.2 Å². The average molecular weight is 388 g/mol. The van der Waals surface area contributed by atoms with Gasteiger partial charge in [0.25, 0.3) is 0 Å². The molecule has 0 aliphatic heterocycles. The summed E-state index contributed by atoms with van der Waals surface area (Å²) in [5, 5.41) is 2.85. The minimum atomic E-state index is -3.62. The number of carbonyl (C=O) groups excluding carboxylic acids is 1. The number of anilines is 2. The van der Waals surface area contributed by atoms with E-state index in [2.05, 4.69) is 10.0 Å². The number of amides is 1. The molecule has 0 fully saturated rings. The number of para-hydroxylation sites is 2. The van der Waals surface area contributed by atoms with Crippen LogP contribution in [0.1, 0.15) is 6.92 Å². The van der Waals surface area contributed by atoms with E-state index in [9.17, 15) is 18.0 Å². The monoisotopic (exact) mass is 388 g/mol. The normalized spacial score (nSPS) is 11.2. The molecular weight excluding hydrogens is 372 g/mol. The first-order valence-corrected chi connectivity index (χ1v) is 9.70. The van der Waals surface area contributed by atoms with Gasteiger partial charge in [0, 0.05) is 19.1 Å². The zero-order valence-electron chi connectivity index (χ0n) is 14.5. The Morgan fingerprint density at radius 2 is 1.81 bits per heavy atom. The summed E-state index contributed by atoms with van der Waals surface area (Å²) in [6.45, 7) is 1.36. The third kappa shape index (κ3) is 4.45. The molecule has 0 spiro atoms. The number of hydrogen-bond acceptors (Lipinski definition) is 6. The minimum Gasteiger partial charge on any atom is -0.464 e. The maximum absolute atomic E-state index is 12.1. The van der Waals surface area contributed by atoms with E-state index >= 15 is 0 Å². The summed E-state index contributed by atoms with van der Waals surface area (Å²) in [7, 11) is -3.62. The van der Waals surface area contributed by atoms with Crippen LogP contribution in [0.25, 0.3) is 11.0 Å². The van der Waals surface area contributed by atoms with Crippen LogP contribution in [0.2, 0.25) is 0 Å². The Kier molecular flexibility index (Phi) is 4.87. The number of benzene rings is 2. The molecule has 1 amide bonds. The maximum atomic E-state index is 12.1. The number of hydrogen-bond donors (Lipinski definition) is 2. The third-order valence-electron chi connectivity index (χ3n) is 3.47. The first kappa shape index (κ1) is 18.5. The molecule has 3 rings (SSSR count). The second kappa shape index (κ2) is 7.12. The van der Waals surface area contributed by atoms with Crippen molar-refractivity contribution in [2.75, 3.05) is 16.3 Å². The highest BCUT2D eigenvalue weighted by atomic mass is 32.2. The zero-order valence-corrected chi connectivity index (χ0v) is 15.3. The zero-order chi connectivity index (χ0) is 19.6. The van der Waals surface area contributed by atoms with Crippen molar-refractivity contribution in [1.82, 2.24) is 0 Å². The van der Waals surface area contributed by atoms with Gasteiger partial charge in [-0.15, -0.1) is 0 Å². The van der Waals surface area contributed by atoms with Crippen molar-refractivity contribution in [3.8, 4) is 11.5 Å². The molecule has 0 bridgehead atoms. The van der Waals surface area contributed by atoms with E-state index in [1.807, 2.05) is 0 Å². The number of sulfonamides is 1. The second-order valence-corrected chi connectivity index (χ2v) is 7.53. The molecule has 1 heterocycles. The molecule has 1 aromatic heterocycles. The van der Waals surface area contributed by atoms with Crippen molar-refractivity contribution in [2.45, 2.75) is 6.92 Å². The van der Waals surface area contributed by atoms with E-state index in [1.54, 1.807) is 24.3 Å². The molecule has 0 unspecified atom stereocenters. The van der Waals surface area contributed by atoms with E-state index in [4.69, 9.17) is 9.15 Å². The van der Waals surface area contributed by atoms with Crippen LogP contribution in [0.15, 0.2) is 57.9 Å². The maximum Gasteiger partial charge on any atom is 0.229 e. The van der Waals surface area contributed by atoms with Crippen molar-refractivity contribution in [2.24, 2.45) is 0 Å². The summed E-state index contributed by atoms with van der Waals surface area (Å²) in [6, 6.07) is 10.7. The fourth-order valence-electron chi connectivity index (χ4n) is 2.44. The molecule has 0 radical (unpaired) electrons. The molecule has 2 aromatic carbocycles. The lowest BCUT2D eigenvalue weighted by Crippen LogP contribution is -2.11. The molecule has 3 aromatic rings. The SMILES string of the molecule is CC(=O)Nc1ccccc1Oc1cc2c(=O)ccoc2cc1NS(C)(=O)=O. The fourth-order valence-corrected chi connectivity index (χ4v) is 3.00. The number of rotatable bonds is 5. The van der Waals surface area contributed by atoms with E-state index < -0.39 is 10.0 Å². The van der Waals surface area contributed by atoms with Gasteiger partial charge in [-0.3, -0.25) is 14.3 Å². The lowest BCUT2D eigenvalue weighted by molar-refractivity contribution is -0.114. The third-order valence-corrected chi connectivity index (χ3v) is 4.07. The van der Waals surface area contributed by atoms with Crippen LogP contribution in [0, 0.1) is 0 Å². The molecule has 0 saturated heterocycles. The van der Waals surface area contributed by atoms with Crippen LogP contribution in [0.5, 0.6) is 11.5 Å². The number of ether oxygens (including phenoxy) is 1. The van der Waals surface area contributed by atoms with Gasteiger partial charge in [0.05, 0.1) is 29.3 Å². The predicted octanol–water partition coefficient (Wildman–Crippen LogP) is 2.92. The van der Waals surface area contributed by atoms with Crippen molar-refractivity contribution in [3.05, 3.63) is 59.0 Å². The fraction of sp³-hybridized carbons (Fsp3) is 0.111. The van der Waals surface area contributed by atoms with Gasteiger partial charge in [-0.25, -0.2) is 8.42 Å². The molecule has 2 N–H and O–H groups in total. The van der Waals surface area contributed by atoms with Crippen molar-refractivity contribution in [3.63, 3.8) is 0 Å². The Labute approximate surface area is 154 Å². The molecule has 27 heavy (non-hydrogen) atoms. The first-order chi connectivity index (χ1) is 12.7. The van der Waals surface area contributed by atoms with Gasteiger partial charge in [0.1, 0.15) is 5.58 Å². The van der Waals surface area contributed by atoms with Gasteiger partial charge in [-0.2, -0.15) is 0 Å². The van der Waals surface area contributed by atoms with Gasteiger partial charge in [0.15, 0.2) is 16.9 Å². The molecule has 8 nitrogen and oxygen atoms in total. The minimum absolute atomic E-state index is 0.0872. The molecule has 9 heteroatoms. The Balaban J connectivity index is 2.15. The number of carbonyl (C=O) groups is 1. The summed E-state index contributed by atoms with van der Waals surface area (Å²) in [5.74, 6) is 0.0767. The Morgan fingerprint density at radius 3 is 2.52 bits per heavy atom. The Hall–Kier alpha value is -3.33. The van der Waals surface area contributed by atoms with Crippen LogP contribution in [-0.2, 0) is 14.8 Å². The van der Waals surface area contributed by atoms with Crippen molar-refractivity contribution in [1.29, 1.82) is 0 Å². The van der Waals surface area contributed by atoms with E-state index in [0.29, 0.717) is 5.69 Å². The van der Waals surface area contributed by atoms with Crippen LogP contribution in [0.3, 0.4) is 0 Å². The molecule has 0 aliphatic carbocycles. The molecular formula is C18H16N2O6S. The van der Waals surface area contributed by atoms with Crippen LogP contribution in [0.4, 0.5) is 11.4 Å². The summed E-state index contributed by atoms with van der Waals surface area (Å²) in [4.78, 5) is 23.5. The standard InChI is InChI=1S/C18H16N2O6S/c1-11(21)19-13-5-3-4-6-16(13)26-18-9-12-15(22)7-8-25-17(12)10-14(18)20-27(2,23)24/h3-10,20H,1-2H3,(H,19,21). The predicted molar refractivity (Wildman–Crippen MR) is 102 cm³/mol. The van der Waals surface area contributed by atoms with Crippen molar-refractivity contribution < 1.29 is 22.4 Å². The molecule has 140 valence electrons. The molecule has 0 atom stereocenters. The highest BCUT2D eigenvalue weighted by Gasteiger charge is 2.15. The summed E-state index contributed by atoms with van der Waals surface area (Å²) >= 11 is 0. The lowest BCUT2D eigenvalue weighted by atomic mass is 10.2. The van der Waals surface area contributed by atoms with Crippen LogP contribution in [-0.4, -0.2) is 20.6 Å². The highest BCUT2D eigenvalue weighted by molar-refractivity contribution is 7.92. The molecule has 0 saturated carbocycles. The van der Waals surface area contributed by atoms with E-state index in [1.165, 1.54) is 31.4 Å². The largest absolute Gasteiger partial charge is 0.464 e. The molecule has 0 aliphatic rings.